The fourth-order valence-corrected chi connectivity index (χ4v) is 2.26. The van der Waals surface area contributed by atoms with Gasteiger partial charge in [-0.25, -0.2) is 4.79 Å². The van der Waals surface area contributed by atoms with Gasteiger partial charge in [0.15, 0.2) is 0 Å². The highest BCUT2D eigenvalue weighted by Crippen LogP contribution is 2.13. The molecular formula is C13H13ClN2O4. The van der Waals surface area contributed by atoms with Crippen LogP contribution in [0.2, 0.25) is 5.02 Å². The van der Waals surface area contributed by atoms with E-state index >= 15 is 0 Å². The highest BCUT2D eigenvalue weighted by molar-refractivity contribution is 6.30. The Hall–Kier alpha value is -2.08. The Morgan fingerprint density at radius 1 is 1.45 bits per heavy atom. The topological polar surface area (TPSA) is 86.7 Å². The summed E-state index contributed by atoms with van der Waals surface area (Å²) >= 11 is 5.83. The minimum Gasteiger partial charge on any atom is -0.480 e. The van der Waals surface area contributed by atoms with Gasteiger partial charge in [-0.2, -0.15) is 0 Å². The molecule has 1 aliphatic rings. The van der Waals surface area contributed by atoms with Crippen LogP contribution in [0.5, 0.6) is 0 Å². The van der Waals surface area contributed by atoms with Crippen molar-refractivity contribution < 1.29 is 19.5 Å². The van der Waals surface area contributed by atoms with Gasteiger partial charge in [0.2, 0.25) is 11.8 Å². The van der Waals surface area contributed by atoms with Crippen LogP contribution in [0, 0.1) is 0 Å². The van der Waals surface area contributed by atoms with Gasteiger partial charge in [0.05, 0.1) is 6.42 Å². The number of hydrogen-bond acceptors (Lipinski definition) is 3. The number of nitrogens with zero attached hydrogens (tertiary/aromatic N) is 1. The Kier molecular flexibility index (Phi) is 4.24. The predicted molar refractivity (Wildman–Crippen MR) is 71.3 cm³/mol. The van der Waals surface area contributed by atoms with Gasteiger partial charge < -0.3 is 15.3 Å². The molecule has 2 amide bonds. The number of halogens is 1. The van der Waals surface area contributed by atoms with Gasteiger partial charge in [-0.15, -0.1) is 0 Å². The molecule has 0 bridgehead atoms. The second-order valence-corrected chi connectivity index (χ2v) is 4.92. The number of amides is 2. The van der Waals surface area contributed by atoms with Crippen LogP contribution in [-0.2, 0) is 20.8 Å². The summed E-state index contributed by atoms with van der Waals surface area (Å²) in [6.45, 7) is -0.314. The van der Waals surface area contributed by atoms with Gasteiger partial charge in [0, 0.05) is 11.6 Å². The van der Waals surface area contributed by atoms with E-state index in [0.29, 0.717) is 10.6 Å². The number of carboxylic acid groups (broad SMARTS) is 1. The zero-order chi connectivity index (χ0) is 14.7. The third-order valence-corrected chi connectivity index (χ3v) is 3.27. The van der Waals surface area contributed by atoms with E-state index in [-0.39, 0.29) is 25.4 Å². The van der Waals surface area contributed by atoms with Crippen molar-refractivity contribution in [3.05, 3.63) is 34.9 Å². The maximum Gasteiger partial charge on any atom is 0.328 e. The molecule has 1 aliphatic heterocycles. The summed E-state index contributed by atoms with van der Waals surface area (Å²) in [6, 6.07) is 5.73. The maximum absolute atomic E-state index is 12.2. The van der Waals surface area contributed by atoms with Gasteiger partial charge in [-0.1, -0.05) is 23.7 Å². The summed E-state index contributed by atoms with van der Waals surface area (Å²) < 4.78 is 0. The number of rotatable bonds is 3. The van der Waals surface area contributed by atoms with Crippen LogP contribution >= 0.6 is 11.6 Å². The van der Waals surface area contributed by atoms with Crippen molar-refractivity contribution in [1.29, 1.82) is 0 Å². The Labute approximate surface area is 120 Å². The molecule has 1 aromatic carbocycles. The lowest BCUT2D eigenvalue weighted by atomic mass is 10.1. The van der Waals surface area contributed by atoms with Crippen molar-refractivity contribution in [3.63, 3.8) is 0 Å². The van der Waals surface area contributed by atoms with Crippen molar-refractivity contribution in [2.24, 2.45) is 0 Å². The lowest BCUT2D eigenvalue weighted by Crippen LogP contribution is -2.59. The summed E-state index contributed by atoms with van der Waals surface area (Å²) in [4.78, 5) is 35.7. The quantitative estimate of drug-likeness (QED) is 0.839. The number of aliphatic carboxylic acids is 1. The van der Waals surface area contributed by atoms with E-state index in [1.54, 1.807) is 24.3 Å². The number of benzene rings is 1. The van der Waals surface area contributed by atoms with E-state index in [1.165, 1.54) is 0 Å². The third kappa shape index (κ3) is 3.27. The van der Waals surface area contributed by atoms with Crippen LogP contribution in [-0.4, -0.2) is 46.9 Å². The zero-order valence-electron chi connectivity index (χ0n) is 10.5. The highest BCUT2D eigenvalue weighted by Gasteiger charge is 2.34. The summed E-state index contributed by atoms with van der Waals surface area (Å²) in [5.41, 5.74) is 0.678. The number of carbonyl (C=O) groups excluding carboxylic acids is 2. The van der Waals surface area contributed by atoms with E-state index in [2.05, 4.69) is 5.32 Å². The molecule has 106 valence electrons. The molecule has 7 heteroatoms. The van der Waals surface area contributed by atoms with E-state index in [0.717, 1.165) is 4.90 Å². The minimum absolute atomic E-state index is 0.0115. The molecule has 1 fully saturated rings. The SMILES string of the molecule is O=C1CN(C(=O)Cc2cccc(Cl)c2)C(C(=O)O)CN1. The van der Waals surface area contributed by atoms with Gasteiger partial charge in [-0.05, 0) is 17.7 Å². The number of piperazine rings is 1. The molecule has 1 aromatic rings. The van der Waals surface area contributed by atoms with Gasteiger partial charge in [-0.3, -0.25) is 9.59 Å². The molecule has 0 aromatic heterocycles. The fourth-order valence-electron chi connectivity index (χ4n) is 2.05. The summed E-state index contributed by atoms with van der Waals surface area (Å²) in [6.07, 6.45) is 0.0115. The van der Waals surface area contributed by atoms with Crippen molar-refractivity contribution in [1.82, 2.24) is 10.2 Å². The molecule has 0 radical (unpaired) electrons. The minimum atomic E-state index is -1.13. The molecule has 0 saturated carbocycles. The molecule has 6 nitrogen and oxygen atoms in total. The molecule has 20 heavy (non-hydrogen) atoms. The fraction of sp³-hybridized carbons (Fsp3) is 0.308. The summed E-state index contributed by atoms with van der Waals surface area (Å²) in [5.74, 6) is -1.90. The smallest absolute Gasteiger partial charge is 0.328 e. The zero-order valence-corrected chi connectivity index (χ0v) is 11.3. The molecule has 1 unspecified atom stereocenters. The van der Waals surface area contributed by atoms with E-state index in [4.69, 9.17) is 16.7 Å². The second-order valence-electron chi connectivity index (χ2n) is 4.49. The third-order valence-electron chi connectivity index (χ3n) is 3.03. The molecule has 1 atom stereocenters. The molecular weight excluding hydrogens is 284 g/mol. The molecule has 0 spiro atoms. The van der Waals surface area contributed by atoms with Crippen molar-refractivity contribution >= 4 is 29.4 Å². The van der Waals surface area contributed by atoms with Crippen molar-refractivity contribution in [2.75, 3.05) is 13.1 Å². The Morgan fingerprint density at radius 2 is 2.20 bits per heavy atom. The molecule has 1 saturated heterocycles. The second kappa shape index (κ2) is 5.92. The van der Waals surface area contributed by atoms with E-state index in [1.807, 2.05) is 0 Å². The lowest BCUT2D eigenvalue weighted by Gasteiger charge is -2.32. The Bertz CT molecular complexity index is 561. The van der Waals surface area contributed by atoms with Crippen LogP contribution in [0.1, 0.15) is 5.56 Å². The maximum atomic E-state index is 12.2. The van der Waals surface area contributed by atoms with E-state index < -0.39 is 17.9 Å². The molecule has 0 aliphatic carbocycles. The van der Waals surface area contributed by atoms with Crippen LogP contribution in [0.25, 0.3) is 0 Å². The average Bonchev–Trinajstić information content (AvgIpc) is 2.38. The normalized spacial score (nSPS) is 18.6. The molecule has 1 heterocycles. The predicted octanol–water partition coefficient (Wildman–Crippen LogP) is 0.294. The first-order valence-corrected chi connectivity index (χ1v) is 6.38. The monoisotopic (exact) mass is 296 g/mol. The number of carboxylic acids is 1. The van der Waals surface area contributed by atoms with Gasteiger partial charge in [0.25, 0.3) is 0 Å². The van der Waals surface area contributed by atoms with Crippen LogP contribution in [0.15, 0.2) is 24.3 Å². The van der Waals surface area contributed by atoms with Gasteiger partial charge >= 0.3 is 5.97 Å². The first-order chi connectivity index (χ1) is 9.47. The van der Waals surface area contributed by atoms with Gasteiger partial charge in [0.1, 0.15) is 12.6 Å². The summed E-state index contributed by atoms with van der Waals surface area (Å²) in [7, 11) is 0. The van der Waals surface area contributed by atoms with Crippen molar-refractivity contribution in [3.8, 4) is 0 Å². The molecule has 2 rings (SSSR count). The summed E-state index contributed by atoms with van der Waals surface area (Å²) in [5, 5.41) is 12.0. The number of nitrogens with one attached hydrogen (secondary N) is 1. The highest BCUT2D eigenvalue weighted by atomic mass is 35.5. The number of carbonyl (C=O) groups is 3. The van der Waals surface area contributed by atoms with Crippen LogP contribution in [0.4, 0.5) is 0 Å². The first kappa shape index (κ1) is 14.3. The van der Waals surface area contributed by atoms with Crippen LogP contribution < -0.4 is 5.32 Å². The molecule has 2 N–H and O–H groups in total. The lowest BCUT2D eigenvalue weighted by molar-refractivity contribution is -0.153. The number of hydrogen-bond donors (Lipinski definition) is 2. The van der Waals surface area contributed by atoms with E-state index in [9.17, 15) is 14.4 Å². The van der Waals surface area contributed by atoms with Crippen molar-refractivity contribution in [2.45, 2.75) is 12.5 Å². The average molecular weight is 297 g/mol. The Morgan fingerprint density at radius 3 is 2.85 bits per heavy atom. The standard InChI is InChI=1S/C13H13ClN2O4/c14-9-3-1-2-8(4-9)5-12(18)16-7-11(17)15-6-10(16)13(19)20/h1-4,10H,5-7H2,(H,15,17)(H,19,20). The first-order valence-electron chi connectivity index (χ1n) is 6.01. The largest absolute Gasteiger partial charge is 0.480 e. The van der Waals surface area contributed by atoms with Crippen LogP contribution in [0.3, 0.4) is 0 Å². The Balaban J connectivity index is 2.13.